The summed E-state index contributed by atoms with van der Waals surface area (Å²) in [6.07, 6.45) is 5.92. The number of benzene rings is 3. The normalized spacial score (nSPS) is 10.9. The summed E-state index contributed by atoms with van der Waals surface area (Å²) in [5.74, 6) is 1.14. The topological polar surface area (TPSA) is 40.5 Å². The van der Waals surface area contributed by atoms with E-state index in [2.05, 4.69) is 68.4 Å². The fourth-order valence-corrected chi connectivity index (χ4v) is 4.45. The first-order chi connectivity index (χ1) is 14.6. The van der Waals surface area contributed by atoms with Crippen LogP contribution in [0.1, 0.15) is 45.1 Å². The van der Waals surface area contributed by atoms with Gasteiger partial charge in [0.05, 0.1) is 0 Å². The van der Waals surface area contributed by atoms with Crippen molar-refractivity contribution >= 4 is 24.3 Å². The standard InChI is InChI=1S/C26H31BO2S/c1-3-5-7-20-8-10-21(11-9-20)23-17-24(19-25(18-23)27(28)29)22-12-14-26(15-13-22)30-16-6-4-2/h8-15,17-19,28-29H,3-7,16H2,1-2H3. The summed E-state index contributed by atoms with van der Waals surface area (Å²) in [6, 6.07) is 23.0. The van der Waals surface area contributed by atoms with Gasteiger partial charge < -0.3 is 10.0 Å². The molecule has 0 fully saturated rings. The molecule has 0 saturated heterocycles. The first-order valence-corrected chi connectivity index (χ1v) is 11.9. The van der Waals surface area contributed by atoms with Gasteiger partial charge in [-0.25, -0.2) is 0 Å². The van der Waals surface area contributed by atoms with E-state index in [0.717, 1.165) is 34.4 Å². The van der Waals surface area contributed by atoms with Crippen LogP contribution in [-0.2, 0) is 6.42 Å². The molecule has 4 heteroatoms. The molecule has 3 aromatic carbocycles. The molecule has 0 radical (unpaired) electrons. The number of aryl methyl sites for hydroxylation is 1. The minimum absolute atomic E-state index is 0.513. The molecule has 0 bridgehead atoms. The average Bonchev–Trinajstić information content (AvgIpc) is 2.78. The molecule has 0 aliphatic heterocycles. The number of rotatable bonds is 10. The van der Waals surface area contributed by atoms with Gasteiger partial charge in [-0.05, 0) is 76.5 Å². The quantitative estimate of drug-likeness (QED) is 0.243. The molecule has 0 spiro atoms. The van der Waals surface area contributed by atoms with Crippen LogP contribution in [0.5, 0.6) is 0 Å². The summed E-state index contributed by atoms with van der Waals surface area (Å²) in [5.41, 5.74) is 6.02. The lowest BCUT2D eigenvalue weighted by molar-refractivity contribution is 0.426. The fraction of sp³-hybridized carbons (Fsp3) is 0.308. The van der Waals surface area contributed by atoms with E-state index in [0.29, 0.717) is 5.46 Å². The number of hydrogen-bond donors (Lipinski definition) is 2. The lowest BCUT2D eigenvalue weighted by atomic mass is 9.77. The Morgan fingerprint density at radius 3 is 1.80 bits per heavy atom. The van der Waals surface area contributed by atoms with Crippen molar-refractivity contribution in [2.24, 2.45) is 0 Å². The van der Waals surface area contributed by atoms with Crippen LogP contribution in [0.3, 0.4) is 0 Å². The zero-order valence-corrected chi connectivity index (χ0v) is 18.8. The van der Waals surface area contributed by atoms with Gasteiger partial charge >= 0.3 is 7.12 Å². The van der Waals surface area contributed by atoms with E-state index >= 15 is 0 Å². The van der Waals surface area contributed by atoms with E-state index in [9.17, 15) is 10.0 Å². The van der Waals surface area contributed by atoms with Crippen LogP contribution in [0.4, 0.5) is 0 Å². The maximum absolute atomic E-state index is 9.82. The molecule has 0 saturated carbocycles. The molecule has 0 heterocycles. The Morgan fingerprint density at radius 2 is 1.27 bits per heavy atom. The molecule has 0 aromatic heterocycles. The Balaban J connectivity index is 1.87. The van der Waals surface area contributed by atoms with Gasteiger partial charge in [-0.3, -0.25) is 0 Å². The van der Waals surface area contributed by atoms with Crippen molar-refractivity contribution in [3.63, 3.8) is 0 Å². The number of unbranched alkanes of at least 4 members (excludes halogenated alkanes) is 2. The van der Waals surface area contributed by atoms with Crippen molar-refractivity contribution in [3.8, 4) is 22.3 Å². The van der Waals surface area contributed by atoms with Crippen LogP contribution in [0.2, 0.25) is 0 Å². The summed E-state index contributed by atoms with van der Waals surface area (Å²) >= 11 is 1.88. The molecule has 0 aliphatic rings. The van der Waals surface area contributed by atoms with Gasteiger partial charge in [0, 0.05) is 4.90 Å². The predicted molar refractivity (Wildman–Crippen MR) is 131 cm³/mol. The highest BCUT2D eigenvalue weighted by Gasteiger charge is 2.14. The van der Waals surface area contributed by atoms with Crippen LogP contribution in [0.15, 0.2) is 71.6 Å². The van der Waals surface area contributed by atoms with Gasteiger partial charge in [-0.15, -0.1) is 11.8 Å². The third-order valence-corrected chi connectivity index (χ3v) is 6.41. The van der Waals surface area contributed by atoms with Crippen molar-refractivity contribution in [1.82, 2.24) is 0 Å². The van der Waals surface area contributed by atoms with Gasteiger partial charge in [0.2, 0.25) is 0 Å². The Hall–Kier alpha value is -2.01. The van der Waals surface area contributed by atoms with Gasteiger partial charge in [0.25, 0.3) is 0 Å². The zero-order chi connectivity index (χ0) is 21.3. The van der Waals surface area contributed by atoms with E-state index < -0.39 is 7.12 Å². The highest BCUT2D eigenvalue weighted by molar-refractivity contribution is 7.99. The number of hydrogen-bond acceptors (Lipinski definition) is 3. The third-order valence-electron chi connectivity index (χ3n) is 5.31. The Kier molecular flexibility index (Phi) is 8.62. The smallest absolute Gasteiger partial charge is 0.423 e. The van der Waals surface area contributed by atoms with Gasteiger partial charge in [0.1, 0.15) is 0 Å². The zero-order valence-electron chi connectivity index (χ0n) is 18.0. The second-order valence-corrected chi connectivity index (χ2v) is 8.91. The van der Waals surface area contributed by atoms with E-state index in [1.54, 1.807) is 0 Å². The molecular formula is C26H31BO2S. The molecule has 30 heavy (non-hydrogen) atoms. The lowest BCUT2D eigenvalue weighted by Crippen LogP contribution is -2.29. The maximum Gasteiger partial charge on any atom is 0.488 e. The van der Waals surface area contributed by atoms with Gasteiger partial charge in [-0.2, -0.15) is 0 Å². The summed E-state index contributed by atoms with van der Waals surface area (Å²) in [7, 11) is -1.49. The summed E-state index contributed by atoms with van der Waals surface area (Å²) in [6.45, 7) is 4.42. The number of thioether (sulfide) groups is 1. The van der Waals surface area contributed by atoms with Crippen LogP contribution < -0.4 is 5.46 Å². The summed E-state index contributed by atoms with van der Waals surface area (Å²) in [5, 5.41) is 19.6. The van der Waals surface area contributed by atoms with Crippen molar-refractivity contribution in [2.45, 2.75) is 50.8 Å². The van der Waals surface area contributed by atoms with Crippen molar-refractivity contribution in [1.29, 1.82) is 0 Å². The maximum atomic E-state index is 9.82. The Labute approximate surface area is 185 Å². The first-order valence-electron chi connectivity index (χ1n) is 10.9. The molecule has 0 atom stereocenters. The second-order valence-electron chi connectivity index (χ2n) is 7.74. The van der Waals surface area contributed by atoms with Crippen molar-refractivity contribution in [3.05, 3.63) is 72.3 Å². The average molecular weight is 418 g/mol. The van der Waals surface area contributed by atoms with E-state index in [4.69, 9.17) is 0 Å². The molecule has 2 N–H and O–H groups in total. The van der Waals surface area contributed by atoms with Gasteiger partial charge in [-0.1, -0.05) is 75.2 Å². The molecule has 0 amide bonds. The molecule has 3 aromatic rings. The monoisotopic (exact) mass is 418 g/mol. The van der Waals surface area contributed by atoms with Crippen LogP contribution >= 0.6 is 11.8 Å². The lowest BCUT2D eigenvalue weighted by Gasteiger charge is -2.12. The second kappa shape index (κ2) is 11.4. The van der Waals surface area contributed by atoms with Crippen molar-refractivity contribution in [2.75, 3.05) is 5.75 Å². The van der Waals surface area contributed by atoms with E-state index in [1.807, 2.05) is 23.9 Å². The minimum Gasteiger partial charge on any atom is -0.423 e. The Bertz CT molecular complexity index is 921. The SMILES string of the molecule is CCCCSc1ccc(-c2cc(B(O)O)cc(-c3ccc(CCCC)cc3)c2)cc1. The highest BCUT2D eigenvalue weighted by atomic mass is 32.2. The van der Waals surface area contributed by atoms with Crippen LogP contribution in [0.25, 0.3) is 22.3 Å². The first kappa shape index (κ1) is 22.7. The fourth-order valence-electron chi connectivity index (χ4n) is 3.46. The van der Waals surface area contributed by atoms with Crippen LogP contribution in [0, 0.1) is 0 Å². The predicted octanol–water partition coefficient (Wildman–Crippen LogP) is 5.94. The molecule has 0 unspecified atom stereocenters. The van der Waals surface area contributed by atoms with E-state index in [-0.39, 0.29) is 0 Å². The largest absolute Gasteiger partial charge is 0.488 e. The summed E-state index contributed by atoms with van der Waals surface area (Å²) in [4.78, 5) is 1.27. The van der Waals surface area contributed by atoms with Crippen molar-refractivity contribution < 1.29 is 10.0 Å². The Morgan fingerprint density at radius 1 is 0.700 bits per heavy atom. The summed E-state index contributed by atoms with van der Waals surface area (Å²) < 4.78 is 0. The molecule has 3 rings (SSSR count). The molecule has 2 nitrogen and oxygen atoms in total. The van der Waals surface area contributed by atoms with E-state index in [1.165, 1.54) is 36.1 Å². The third kappa shape index (κ3) is 6.25. The highest BCUT2D eigenvalue weighted by Crippen LogP contribution is 2.28. The van der Waals surface area contributed by atoms with Crippen LogP contribution in [-0.4, -0.2) is 22.9 Å². The van der Waals surface area contributed by atoms with Gasteiger partial charge in [0.15, 0.2) is 0 Å². The molecule has 156 valence electrons. The molecule has 0 aliphatic carbocycles. The minimum atomic E-state index is -1.49. The molecular weight excluding hydrogens is 387 g/mol.